The zero-order valence-corrected chi connectivity index (χ0v) is 18.4. The van der Waals surface area contributed by atoms with Gasteiger partial charge in [-0.25, -0.2) is 0 Å². The Morgan fingerprint density at radius 3 is 1.25 bits per heavy atom. The molecule has 3 aromatic rings. The van der Waals surface area contributed by atoms with Crippen LogP contribution in [0.5, 0.6) is 11.5 Å². The van der Waals surface area contributed by atoms with Crippen molar-refractivity contribution in [3.63, 3.8) is 0 Å². The van der Waals surface area contributed by atoms with Crippen LogP contribution in [0.3, 0.4) is 0 Å². The fourth-order valence-corrected chi connectivity index (χ4v) is 2.89. The van der Waals surface area contributed by atoms with Crippen molar-refractivity contribution < 1.29 is 19.1 Å². The maximum atomic E-state index is 12.5. The highest BCUT2D eigenvalue weighted by molar-refractivity contribution is 6.07. The third kappa shape index (κ3) is 6.60. The van der Waals surface area contributed by atoms with E-state index in [-0.39, 0.29) is 11.8 Å². The highest BCUT2D eigenvalue weighted by Crippen LogP contribution is 2.18. The van der Waals surface area contributed by atoms with E-state index in [1.54, 1.807) is 48.5 Å². The van der Waals surface area contributed by atoms with Crippen molar-refractivity contribution in [2.45, 2.75) is 26.7 Å². The number of hydrogen-bond acceptors (Lipinski definition) is 4. The average molecular weight is 433 g/mol. The lowest BCUT2D eigenvalue weighted by Crippen LogP contribution is -2.14. The molecule has 0 aliphatic rings. The molecule has 32 heavy (non-hydrogen) atoms. The van der Waals surface area contributed by atoms with Gasteiger partial charge < -0.3 is 20.1 Å². The monoisotopic (exact) mass is 432 g/mol. The molecule has 0 atom stereocenters. The van der Waals surface area contributed by atoms with E-state index in [1.807, 2.05) is 38.1 Å². The summed E-state index contributed by atoms with van der Waals surface area (Å²) in [6, 6.07) is 21.0. The minimum atomic E-state index is -0.248. The second kappa shape index (κ2) is 11.6. The van der Waals surface area contributed by atoms with E-state index < -0.39 is 0 Å². The van der Waals surface area contributed by atoms with Crippen LogP contribution in [-0.4, -0.2) is 25.0 Å². The normalized spacial score (nSPS) is 10.3. The molecule has 2 N–H and O–H groups in total. The maximum absolute atomic E-state index is 12.5. The first-order valence-corrected chi connectivity index (χ1v) is 10.8. The Bertz CT molecular complexity index is 929. The Kier molecular flexibility index (Phi) is 8.26. The Labute approximate surface area is 188 Å². The second-order valence-corrected chi connectivity index (χ2v) is 7.23. The first-order chi connectivity index (χ1) is 15.6. The lowest BCUT2D eigenvalue weighted by atomic mass is 10.1. The van der Waals surface area contributed by atoms with E-state index in [2.05, 4.69) is 10.6 Å². The van der Waals surface area contributed by atoms with Crippen LogP contribution in [0, 0.1) is 0 Å². The molecule has 0 saturated carbocycles. The van der Waals surface area contributed by atoms with Gasteiger partial charge >= 0.3 is 0 Å². The number of amides is 2. The van der Waals surface area contributed by atoms with E-state index in [9.17, 15) is 9.59 Å². The fourth-order valence-electron chi connectivity index (χ4n) is 2.89. The van der Waals surface area contributed by atoms with Gasteiger partial charge in [0, 0.05) is 22.5 Å². The van der Waals surface area contributed by atoms with Gasteiger partial charge in [0.05, 0.1) is 13.2 Å². The van der Waals surface area contributed by atoms with Crippen LogP contribution in [0.15, 0.2) is 72.8 Å². The van der Waals surface area contributed by atoms with Crippen molar-refractivity contribution in [1.82, 2.24) is 0 Å². The van der Waals surface area contributed by atoms with Crippen LogP contribution < -0.4 is 20.1 Å². The van der Waals surface area contributed by atoms with E-state index in [0.29, 0.717) is 35.7 Å². The summed E-state index contributed by atoms with van der Waals surface area (Å²) in [6.07, 6.45) is 1.87. The van der Waals surface area contributed by atoms with Crippen LogP contribution >= 0.6 is 0 Å². The van der Waals surface area contributed by atoms with Gasteiger partial charge in [-0.2, -0.15) is 0 Å². The molecule has 0 aromatic heterocycles. The van der Waals surface area contributed by atoms with Crippen molar-refractivity contribution in [3.8, 4) is 11.5 Å². The third-order valence-corrected chi connectivity index (χ3v) is 4.58. The van der Waals surface area contributed by atoms with Gasteiger partial charge in [-0.3, -0.25) is 9.59 Å². The average Bonchev–Trinajstić information content (AvgIpc) is 2.83. The predicted octanol–water partition coefficient (Wildman–Crippen LogP) is 5.77. The first-order valence-electron chi connectivity index (χ1n) is 10.8. The van der Waals surface area contributed by atoms with Gasteiger partial charge in [-0.05, 0) is 85.6 Å². The van der Waals surface area contributed by atoms with Crippen molar-refractivity contribution in [3.05, 3.63) is 83.9 Å². The minimum absolute atomic E-state index is 0.248. The summed E-state index contributed by atoms with van der Waals surface area (Å²) in [5, 5.41) is 5.69. The van der Waals surface area contributed by atoms with Gasteiger partial charge in [0.2, 0.25) is 0 Å². The molecule has 2 amide bonds. The van der Waals surface area contributed by atoms with Crippen LogP contribution in [0.4, 0.5) is 11.4 Å². The zero-order valence-electron chi connectivity index (χ0n) is 18.4. The standard InChI is InChI=1S/C26H28N2O4/c1-3-17-31-23-13-9-21(10-14-23)27-25(29)19-5-7-20(8-6-19)26(30)28-22-11-15-24(16-12-22)32-18-4-2/h5-16H,3-4,17-18H2,1-2H3,(H,27,29)(H,28,30). The predicted molar refractivity (Wildman–Crippen MR) is 127 cm³/mol. The molecular weight excluding hydrogens is 404 g/mol. The Balaban J connectivity index is 1.55. The van der Waals surface area contributed by atoms with Crippen LogP contribution in [-0.2, 0) is 0 Å². The number of hydrogen-bond donors (Lipinski definition) is 2. The second-order valence-electron chi connectivity index (χ2n) is 7.23. The third-order valence-electron chi connectivity index (χ3n) is 4.58. The van der Waals surface area contributed by atoms with Crippen LogP contribution in [0.1, 0.15) is 47.4 Å². The largest absolute Gasteiger partial charge is 0.494 e. The molecule has 0 aliphatic heterocycles. The highest BCUT2D eigenvalue weighted by Gasteiger charge is 2.10. The van der Waals surface area contributed by atoms with Gasteiger partial charge in [0.25, 0.3) is 11.8 Å². The summed E-state index contributed by atoms with van der Waals surface area (Å²) < 4.78 is 11.1. The summed E-state index contributed by atoms with van der Waals surface area (Å²) in [6.45, 7) is 5.41. The number of ether oxygens (including phenoxy) is 2. The van der Waals surface area contributed by atoms with E-state index in [4.69, 9.17) is 9.47 Å². The molecule has 3 aromatic carbocycles. The molecule has 166 valence electrons. The molecule has 6 nitrogen and oxygen atoms in total. The molecule has 0 unspecified atom stereocenters. The summed E-state index contributed by atoms with van der Waals surface area (Å²) in [4.78, 5) is 25.0. The molecule has 0 saturated heterocycles. The van der Waals surface area contributed by atoms with Crippen molar-refractivity contribution in [2.24, 2.45) is 0 Å². The number of carbonyl (C=O) groups is 2. The molecule has 0 heterocycles. The Morgan fingerprint density at radius 2 is 0.938 bits per heavy atom. The van der Waals surface area contributed by atoms with Gasteiger partial charge in [0.1, 0.15) is 11.5 Å². The molecule has 3 rings (SSSR count). The van der Waals surface area contributed by atoms with Gasteiger partial charge in [-0.15, -0.1) is 0 Å². The van der Waals surface area contributed by atoms with Gasteiger partial charge in [-0.1, -0.05) is 13.8 Å². The first kappa shape index (κ1) is 22.9. The lowest BCUT2D eigenvalue weighted by molar-refractivity contribution is 0.101. The number of carbonyl (C=O) groups excluding carboxylic acids is 2. The van der Waals surface area contributed by atoms with E-state index in [0.717, 1.165) is 24.3 Å². The zero-order chi connectivity index (χ0) is 22.8. The quantitative estimate of drug-likeness (QED) is 0.426. The molecule has 0 radical (unpaired) electrons. The highest BCUT2D eigenvalue weighted by atomic mass is 16.5. The van der Waals surface area contributed by atoms with Crippen molar-refractivity contribution in [1.29, 1.82) is 0 Å². The van der Waals surface area contributed by atoms with Crippen LogP contribution in [0.2, 0.25) is 0 Å². The van der Waals surface area contributed by atoms with Crippen molar-refractivity contribution in [2.75, 3.05) is 23.8 Å². The number of benzene rings is 3. The molecule has 0 aliphatic carbocycles. The van der Waals surface area contributed by atoms with E-state index in [1.165, 1.54) is 0 Å². The topological polar surface area (TPSA) is 76.7 Å². The van der Waals surface area contributed by atoms with E-state index >= 15 is 0 Å². The Morgan fingerprint density at radius 1 is 0.594 bits per heavy atom. The molecular formula is C26H28N2O4. The summed E-state index contributed by atoms with van der Waals surface area (Å²) in [5.41, 5.74) is 2.27. The van der Waals surface area contributed by atoms with Crippen LogP contribution in [0.25, 0.3) is 0 Å². The smallest absolute Gasteiger partial charge is 0.255 e. The maximum Gasteiger partial charge on any atom is 0.255 e. The van der Waals surface area contributed by atoms with Crippen molar-refractivity contribution >= 4 is 23.2 Å². The number of anilines is 2. The minimum Gasteiger partial charge on any atom is -0.494 e. The summed E-state index contributed by atoms with van der Waals surface area (Å²) in [5.74, 6) is 1.04. The summed E-state index contributed by atoms with van der Waals surface area (Å²) in [7, 11) is 0. The molecule has 0 spiro atoms. The number of rotatable bonds is 10. The molecule has 6 heteroatoms. The Hall–Kier alpha value is -3.80. The molecule has 0 bridgehead atoms. The fraction of sp³-hybridized carbons (Fsp3) is 0.231. The summed E-state index contributed by atoms with van der Waals surface area (Å²) >= 11 is 0. The lowest BCUT2D eigenvalue weighted by Gasteiger charge is -2.09. The number of nitrogens with one attached hydrogen (secondary N) is 2. The SMILES string of the molecule is CCCOc1ccc(NC(=O)c2ccc(C(=O)Nc3ccc(OCCC)cc3)cc2)cc1. The molecule has 0 fully saturated rings. The van der Waals surface area contributed by atoms with Gasteiger partial charge in [0.15, 0.2) is 0 Å².